The van der Waals surface area contributed by atoms with Gasteiger partial charge in [-0.25, -0.2) is 0 Å². The Hall–Kier alpha value is -3.78. The number of nitro benzene ring substituents is 1. The van der Waals surface area contributed by atoms with Crippen molar-refractivity contribution >= 4 is 23.5 Å². The summed E-state index contributed by atoms with van der Waals surface area (Å²) in [5, 5.41) is 23.4. The van der Waals surface area contributed by atoms with Gasteiger partial charge in [-0.2, -0.15) is 9.78 Å². The highest BCUT2D eigenvalue weighted by molar-refractivity contribution is 6.33. The summed E-state index contributed by atoms with van der Waals surface area (Å²) in [6.07, 6.45) is 3.02. The fourth-order valence-corrected chi connectivity index (χ4v) is 2.86. The monoisotopic (exact) mass is 393 g/mol. The van der Waals surface area contributed by atoms with Crippen LogP contribution in [-0.2, 0) is 0 Å². The van der Waals surface area contributed by atoms with Crippen LogP contribution in [0.1, 0.15) is 5.76 Å². The fraction of sp³-hybridized carbons (Fsp3) is 0. The second kappa shape index (κ2) is 7.45. The molecule has 0 atom stereocenters. The Balaban J connectivity index is 1.58. The molecule has 0 unspecified atom stereocenters. The zero-order valence-electron chi connectivity index (χ0n) is 14.3. The van der Waals surface area contributed by atoms with Gasteiger partial charge in [-0.3, -0.25) is 10.1 Å². The zero-order chi connectivity index (χ0) is 19.5. The lowest BCUT2D eigenvalue weighted by atomic mass is 10.1. The molecule has 0 radical (unpaired) electrons. The summed E-state index contributed by atoms with van der Waals surface area (Å²) < 4.78 is 7.28. The minimum atomic E-state index is -0.501. The number of nitrogens with zero attached hydrogens (tertiary/aromatic N) is 5. The summed E-state index contributed by atoms with van der Waals surface area (Å²) in [6.45, 7) is 0. The van der Waals surface area contributed by atoms with Crippen molar-refractivity contribution in [2.24, 2.45) is 5.10 Å². The van der Waals surface area contributed by atoms with Crippen LogP contribution < -0.4 is 0 Å². The van der Waals surface area contributed by atoms with Gasteiger partial charge in [-0.1, -0.05) is 41.9 Å². The molecule has 28 heavy (non-hydrogen) atoms. The molecule has 0 saturated carbocycles. The summed E-state index contributed by atoms with van der Waals surface area (Å²) in [6, 6.07) is 17.2. The van der Waals surface area contributed by atoms with Crippen LogP contribution >= 0.6 is 11.6 Å². The van der Waals surface area contributed by atoms with Gasteiger partial charge in [0.1, 0.15) is 17.8 Å². The number of non-ortho nitro benzene ring substituents is 1. The molecule has 138 valence electrons. The molecule has 0 N–H and O–H groups in total. The molecular weight excluding hydrogens is 382 g/mol. The van der Waals surface area contributed by atoms with Crippen molar-refractivity contribution in [3.05, 3.63) is 87.9 Å². The highest BCUT2D eigenvalue weighted by atomic mass is 35.5. The predicted molar refractivity (Wildman–Crippen MR) is 104 cm³/mol. The molecule has 2 heterocycles. The lowest BCUT2D eigenvalue weighted by Crippen LogP contribution is -1.92. The van der Waals surface area contributed by atoms with E-state index in [9.17, 15) is 10.1 Å². The number of aromatic nitrogens is 3. The lowest BCUT2D eigenvalue weighted by Gasteiger charge is -2.01. The number of halogens is 1. The maximum atomic E-state index is 10.8. The number of hydrogen-bond acceptors (Lipinski definition) is 6. The molecule has 0 bridgehead atoms. The molecule has 0 aliphatic carbocycles. The molecule has 0 aliphatic heterocycles. The molecule has 8 nitrogen and oxygen atoms in total. The first-order valence-corrected chi connectivity index (χ1v) is 8.53. The molecule has 0 aliphatic rings. The second-order valence-electron chi connectivity index (χ2n) is 5.73. The molecule has 9 heteroatoms. The fourth-order valence-electron chi connectivity index (χ4n) is 2.60. The third-order valence-electron chi connectivity index (χ3n) is 3.93. The van der Waals surface area contributed by atoms with Gasteiger partial charge in [-0.05, 0) is 18.2 Å². The average Bonchev–Trinajstić information content (AvgIpc) is 3.36. The Morgan fingerprint density at radius 1 is 1.14 bits per heavy atom. The smallest absolute Gasteiger partial charge is 0.270 e. The summed E-state index contributed by atoms with van der Waals surface area (Å²) >= 11 is 6.15. The third-order valence-corrected chi connectivity index (χ3v) is 4.24. The van der Waals surface area contributed by atoms with Crippen LogP contribution in [0.4, 0.5) is 5.69 Å². The van der Waals surface area contributed by atoms with E-state index in [2.05, 4.69) is 15.3 Å². The first-order chi connectivity index (χ1) is 13.6. The van der Waals surface area contributed by atoms with Gasteiger partial charge in [0.15, 0.2) is 5.82 Å². The predicted octanol–water partition coefficient (Wildman–Crippen LogP) is 4.65. The Morgan fingerprint density at radius 3 is 2.71 bits per heavy atom. The first-order valence-electron chi connectivity index (χ1n) is 8.16. The van der Waals surface area contributed by atoms with E-state index in [0.29, 0.717) is 22.9 Å². The van der Waals surface area contributed by atoms with Crippen LogP contribution in [0.2, 0.25) is 5.02 Å². The largest absolute Gasteiger partial charge is 0.455 e. The number of hydrogen-bond donors (Lipinski definition) is 0. The van der Waals surface area contributed by atoms with Crippen LogP contribution in [0.25, 0.3) is 22.7 Å². The second-order valence-corrected chi connectivity index (χ2v) is 6.14. The van der Waals surface area contributed by atoms with E-state index in [0.717, 1.165) is 5.56 Å². The summed E-state index contributed by atoms with van der Waals surface area (Å²) in [7, 11) is 0. The Morgan fingerprint density at radius 2 is 1.96 bits per heavy atom. The molecule has 0 amide bonds. The van der Waals surface area contributed by atoms with Crippen molar-refractivity contribution in [3.8, 4) is 22.7 Å². The van der Waals surface area contributed by atoms with E-state index in [4.69, 9.17) is 16.0 Å². The third kappa shape index (κ3) is 3.53. The number of rotatable bonds is 5. The molecule has 4 rings (SSSR count). The van der Waals surface area contributed by atoms with E-state index >= 15 is 0 Å². The van der Waals surface area contributed by atoms with Gasteiger partial charge in [0, 0.05) is 23.3 Å². The number of benzene rings is 2. The highest BCUT2D eigenvalue weighted by Crippen LogP contribution is 2.32. The van der Waals surface area contributed by atoms with Gasteiger partial charge < -0.3 is 4.42 Å². The average molecular weight is 394 g/mol. The normalized spacial score (nSPS) is 11.2. The van der Waals surface area contributed by atoms with E-state index in [1.165, 1.54) is 29.4 Å². The van der Waals surface area contributed by atoms with Gasteiger partial charge in [-0.15, -0.1) is 10.2 Å². The van der Waals surface area contributed by atoms with Crippen LogP contribution in [0, 0.1) is 10.1 Å². The van der Waals surface area contributed by atoms with Crippen molar-refractivity contribution in [2.45, 2.75) is 0 Å². The van der Waals surface area contributed by atoms with Gasteiger partial charge in [0.05, 0.1) is 16.2 Å². The van der Waals surface area contributed by atoms with Crippen molar-refractivity contribution in [1.82, 2.24) is 14.9 Å². The number of furan rings is 1. The summed E-state index contributed by atoms with van der Waals surface area (Å²) in [4.78, 5) is 10.3. The summed E-state index contributed by atoms with van der Waals surface area (Å²) in [5.74, 6) is 1.56. The van der Waals surface area contributed by atoms with Gasteiger partial charge in [0.25, 0.3) is 5.69 Å². The van der Waals surface area contributed by atoms with Crippen molar-refractivity contribution in [1.29, 1.82) is 0 Å². The zero-order valence-corrected chi connectivity index (χ0v) is 15.0. The van der Waals surface area contributed by atoms with Gasteiger partial charge in [0.2, 0.25) is 0 Å². The van der Waals surface area contributed by atoms with Crippen LogP contribution in [-0.4, -0.2) is 26.0 Å². The lowest BCUT2D eigenvalue weighted by molar-refractivity contribution is -0.384. The SMILES string of the molecule is O=[N+]([O-])c1ccc(-c2ccc(/C=N\n3cnnc3-c3ccccc3)o2)c(Cl)c1. The molecule has 2 aromatic carbocycles. The van der Waals surface area contributed by atoms with E-state index in [1.54, 1.807) is 18.2 Å². The molecule has 0 saturated heterocycles. The van der Waals surface area contributed by atoms with Crippen LogP contribution in [0.3, 0.4) is 0 Å². The summed E-state index contributed by atoms with van der Waals surface area (Å²) in [5.41, 5.74) is 1.36. The van der Waals surface area contributed by atoms with E-state index in [1.807, 2.05) is 30.3 Å². The Labute approximate surface area is 163 Å². The molecule has 4 aromatic rings. The molecule has 0 fully saturated rings. The highest BCUT2D eigenvalue weighted by Gasteiger charge is 2.13. The standard InChI is InChI=1S/C19H12ClN5O3/c20-17-10-14(25(26)27)6-8-16(17)18-9-7-15(28-18)11-22-24-12-21-23-19(24)13-4-2-1-3-5-13/h1-12H/b22-11-. The Bertz CT molecular complexity index is 1170. The first kappa shape index (κ1) is 17.6. The van der Waals surface area contributed by atoms with Crippen molar-refractivity contribution in [3.63, 3.8) is 0 Å². The molecule has 2 aromatic heterocycles. The number of nitro groups is 1. The minimum Gasteiger partial charge on any atom is -0.455 e. The molecule has 0 spiro atoms. The van der Waals surface area contributed by atoms with Crippen molar-refractivity contribution < 1.29 is 9.34 Å². The van der Waals surface area contributed by atoms with E-state index < -0.39 is 4.92 Å². The van der Waals surface area contributed by atoms with Gasteiger partial charge >= 0.3 is 0 Å². The van der Waals surface area contributed by atoms with Crippen LogP contribution in [0.15, 0.2) is 76.5 Å². The quantitative estimate of drug-likeness (QED) is 0.279. The topological polar surface area (TPSA) is 99.3 Å². The molecular formula is C19H12ClN5O3. The maximum absolute atomic E-state index is 10.8. The van der Waals surface area contributed by atoms with E-state index in [-0.39, 0.29) is 10.7 Å². The van der Waals surface area contributed by atoms with Crippen molar-refractivity contribution in [2.75, 3.05) is 0 Å². The Kier molecular flexibility index (Phi) is 4.69. The maximum Gasteiger partial charge on any atom is 0.270 e. The minimum absolute atomic E-state index is 0.0804. The van der Waals surface area contributed by atoms with Crippen LogP contribution in [0.5, 0.6) is 0 Å².